The second kappa shape index (κ2) is 7.05. The number of ether oxygens (including phenoxy) is 2. The van der Waals surface area contributed by atoms with Crippen LogP contribution in [0, 0.1) is 5.82 Å². The molecule has 0 unspecified atom stereocenters. The Bertz CT molecular complexity index is 963. The Balaban J connectivity index is 1.68. The van der Waals surface area contributed by atoms with Crippen LogP contribution >= 0.6 is 15.9 Å². The number of aromatic nitrogens is 2. The molecule has 6 nitrogen and oxygen atoms in total. The minimum absolute atomic E-state index is 0.00829. The molecule has 1 aliphatic rings. The van der Waals surface area contributed by atoms with Crippen LogP contribution in [-0.2, 0) is 4.74 Å². The summed E-state index contributed by atoms with van der Waals surface area (Å²) in [7, 11) is 0. The number of benzene rings is 2. The van der Waals surface area contributed by atoms with Crippen LogP contribution in [0.4, 0.5) is 21.6 Å². The van der Waals surface area contributed by atoms with Gasteiger partial charge in [0.05, 0.1) is 30.1 Å². The highest BCUT2D eigenvalue weighted by atomic mass is 79.9. The smallest absolute Gasteiger partial charge is 0.147 e. The summed E-state index contributed by atoms with van der Waals surface area (Å²) in [6.07, 6.45) is 2.24. The number of nitrogen functional groups attached to an aromatic ring is 1. The molecule has 1 fully saturated rings. The minimum Gasteiger partial charge on any atom is -0.486 e. The summed E-state index contributed by atoms with van der Waals surface area (Å²) in [6, 6.07) is 8.27. The zero-order valence-corrected chi connectivity index (χ0v) is 15.3. The Hall–Kier alpha value is -2.45. The molecule has 4 rings (SSSR count). The summed E-state index contributed by atoms with van der Waals surface area (Å²) in [4.78, 5) is 8.50. The Labute approximate surface area is 157 Å². The Kier molecular flexibility index (Phi) is 4.60. The maximum absolute atomic E-state index is 14.1. The molecule has 0 amide bonds. The monoisotopic (exact) mass is 418 g/mol. The standard InChI is InChI=1S/C18H16BrFN4O2/c19-10-1-2-15(13(20)5-10)24-18-12-6-14(21)17(7-16(12)22-9-23-18)26-11-3-4-25-8-11/h1-2,5-7,9,11H,3-4,8,21H2,(H,22,23,24)/t11-/m1/s1. The number of nitrogens with zero attached hydrogens (tertiary/aromatic N) is 2. The van der Waals surface area contributed by atoms with Gasteiger partial charge < -0.3 is 20.5 Å². The number of nitrogens with two attached hydrogens (primary N) is 1. The van der Waals surface area contributed by atoms with Crippen LogP contribution in [0.3, 0.4) is 0 Å². The van der Waals surface area contributed by atoms with Crippen molar-refractivity contribution in [3.8, 4) is 5.75 Å². The quantitative estimate of drug-likeness (QED) is 0.622. The number of nitrogens with one attached hydrogen (secondary N) is 1. The largest absolute Gasteiger partial charge is 0.486 e. The molecule has 2 aromatic carbocycles. The number of fused-ring (bicyclic) bond motifs is 1. The van der Waals surface area contributed by atoms with Gasteiger partial charge in [-0.2, -0.15) is 0 Å². The molecule has 8 heteroatoms. The fourth-order valence-electron chi connectivity index (χ4n) is 2.81. The lowest BCUT2D eigenvalue weighted by molar-refractivity contribution is 0.142. The third-order valence-corrected chi connectivity index (χ3v) is 4.63. The SMILES string of the molecule is Nc1cc2c(Nc3ccc(Br)cc3F)ncnc2cc1O[C@@H]1CCOC1. The number of hydrogen-bond donors (Lipinski definition) is 2. The molecule has 134 valence electrons. The van der Waals surface area contributed by atoms with E-state index in [4.69, 9.17) is 15.2 Å². The second-order valence-electron chi connectivity index (χ2n) is 5.98. The molecular formula is C18H16BrFN4O2. The number of anilines is 3. The summed E-state index contributed by atoms with van der Waals surface area (Å²) < 4.78 is 26.0. The van der Waals surface area contributed by atoms with Gasteiger partial charge in [0.1, 0.15) is 29.8 Å². The molecule has 1 aromatic heterocycles. The summed E-state index contributed by atoms with van der Waals surface area (Å²) >= 11 is 3.24. The lowest BCUT2D eigenvalue weighted by atomic mass is 10.2. The maximum atomic E-state index is 14.1. The van der Waals surface area contributed by atoms with Gasteiger partial charge in [-0.3, -0.25) is 0 Å². The highest BCUT2D eigenvalue weighted by Crippen LogP contribution is 2.33. The Morgan fingerprint density at radius 1 is 1.27 bits per heavy atom. The third-order valence-electron chi connectivity index (χ3n) is 4.13. The summed E-state index contributed by atoms with van der Waals surface area (Å²) in [5.41, 5.74) is 7.59. The van der Waals surface area contributed by atoms with E-state index >= 15 is 0 Å². The Morgan fingerprint density at radius 3 is 2.92 bits per heavy atom. The van der Waals surface area contributed by atoms with Gasteiger partial charge in [0.25, 0.3) is 0 Å². The molecule has 0 aliphatic carbocycles. The molecule has 0 radical (unpaired) electrons. The number of hydrogen-bond acceptors (Lipinski definition) is 6. The van der Waals surface area contributed by atoms with Crippen molar-refractivity contribution < 1.29 is 13.9 Å². The molecule has 2 heterocycles. The van der Waals surface area contributed by atoms with Gasteiger partial charge in [-0.25, -0.2) is 14.4 Å². The zero-order valence-electron chi connectivity index (χ0n) is 13.7. The highest BCUT2D eigenvalue weighted by molar-refractivity contribution is 9.10. The molecule has 3 N–H and O–H groups in total. The lowest BCUT2D eigenvalue weighted by Crippen LogP contribution is -2.16. The van der Waals surface area contributed by atoms with Gasteiger partial charge in [0.2, 0.25) is 0 Å². The summed E-state index contributed by atoms with van der Waals surface area (Å²) in [5, 5.41) is 3.68. The molecule has 1 saturated heterocycles. The van der Waals surface area contributed by atoms with E-state index in [9.17, 15) is 4.39 Å². The predicted octanol–water partition coefficient (Wildman–Crippen LogP) is 4.02. The normalized spacial score (nSPS) is 16.8. The van der Waals surface area contributed by atoms with E-state index in [2.05, 4.69) is 31.2 Å². The van der Waals surface area contributed by atoms with Gasteiger partial charge in [-0.05, 0) is 24.3 Å². The van der Waals surface area contributed by atoms with Crippen molar-refractivity contribution in [2.45, 2.75) is 12.5 Å². The van der Waals surface area contributed by atoms with Crippen LogP contribution in [0.5, 0.6) is 5.75 Å². The van der Waals surface area contributed by atoms with Crippen molar-refractivity contribution in [3.63, 3.8) is 0 Å². The summed E-state index contributed by atoms with van der Waals surface area (Å²) in [5.74, 6) is 0.645. The second-order valence-corrected chi connectivity index (χ2v) is 6.90. The van der Waals surface area contributed by atoms with Gasteiger partial charge >= 0.3 is 0 Å². The molecule has 1 aliphatic heterocycles. The first-order valence-electron chi connectivity index (χ1n) is 8.11. The van der Waals surface area contributed by atoms with E-state index in [1.807, 2.05) is 0 Å². The van der Waals surface area contributed by atoms with Crippen molar-refractivity contribution in [2.75, 3.05) is 24.3 Å². The first kappa shape index (κ1) is 17.0. The molecule has 3 aromatic rings. The van der Waals surface area contributed by atoms with Crippen LogP contribution in [0.25, 0.3) is 10.9 Å². The third kappa shape index (κ3) is 3.42. The molecular weight excluding hydrogens is 403 g/mol. The molecule has 0 saturated carbocycles. The van der Waals surface area contributed by atoms with Crippen molar-refractivity contribution in [2.24, 2.45) is 0 Å². The van der Waals surface area contributed by atoms with E-state index in [0.29, 0.717) is 51.5 Å². The van der Waals surface area contributed by atoms with E-state index in [0.717, 1.165) is 6.42 Å². The molecule has 0 spiro atoms. The topological polar surface area (TPSA) is 82.3 Å². The highest BCUT2D eigenvalue weighted by Gasteiger charge is 2.19. The number of rotatable bonds is 4. The fourth-order valence-corrected chi connectivity index (χ4v) is 3.14. The summed E-state index contributed by atoms with van der Waals surface area (Å²) in [6.45, 7) is 1.24. The van der Waals surface area contributed by atoms with E-state index < -0.39 is 0 Å². The first-order chi connectivity index (χ1) is 12.6. The van der Waals surface area contributed by atoms with Crippen LogP contribution in [0.1, 0.15) is 6.42 Å². The molecule has 0 bridgehead atoms. The van der Waals surface area contributed by atoms with Gasteiger partial charge in [-0.1, -0.05) is 15.9 Å². The zero-order chi connectivity index (χ0) is 18.1. The maximum Gasteiger partial charge on any atom is 0.147 e. The van der Waals surface area contributed by atoms with Crippen LogP contribution in [0.15, 0.2) is 41.1 Å². The molecule has 1 atom stereocenters. The average Bonchev–Trinajstić information content (AvgIpc) is 3.12. The first-order valence-corrected chi connectivity index (χ1v) is 8.90. The Morgan fingerprint density at radius 2 is 2.15 bits per heavy atom. The van der Waals surface area contributed by atoms with E-state index in [1.54, 1.807) is 24.3 Å². The van der Waals surface area contributed by atoms with E-state index in [1.165, 1.54) is 12.4 Å². The molecule has 26 heavy (non-hydrogen) atoms. The fraction of sp³-hybridized carbons (Fsp3) is 0.222. The van der Waals surface area contributed by atoms with Crippen LogP contribution in [0.2, 0.25) is 0 Å². The van der Waals surface area contributed by atoms with Crippen LogP contribution in [-0.4, -0.2) is 29.3 Å². The van der Waals surface area contributed by atoms with Crippen molar-refractivity contribution >= 4 is 44.0 Å². The lowest BCUT2D eigenvalue weighted by Gasteiger charge is -2.15. The van der Waals surface area contributed by atoms with Crippen molar-refractivity contribution in [1.82, 2.24) is 9.97 Å². The predicted molar refractivity (Wildman–Crippen MR) is 101 cm³/mol. The van der Waals surface area contributed by atoms with Crippen molar-refractivity contribution in [1.29, 1.82) is 0 Å². The van der Waals surface area contributed by atoms with Gasteiger partial charge in [-0.15, -0.1) is 0 Å². The van der Waals surface area contributed by atoms with Gasteiger partial charge in [0.15, 0.2) is 0 Å². The van der Waals surface area contributed by atoms with E-state index in [-0.39, 0.29) is 11.9 Å². The number of halogens is 2. The van der Waals surface area contributed by atoms with Crippen LogP contribution < -0.4 is 15.8 Å². The minimum atomic E-state index is -0.389. The average molecular weight is 419 g/mol. The van der Waals surface area contributed by atoms with Crippen molar-refractivity contribution in [3.05, 3.63) is 46.9 Å². The van der Waals surface area contributed by atoms with Gasteiger partial charge in [0, 0.05) is 22.3 Å².